The molecule has 116 valence electrons. The molecule has 0 saturated heterocycles. The summed E-state index contributed by atoms with van der Waals surface area (Å²) in [5, 5.41) is 8.90. The second-order valence-corrected chi connectivity index (χ2v) is 7.15. The fourth-order valence-electron chi connectivity index (χ4n) is 2.22. The average Bonchev–Trinajstić information content (AvgIpc) is 2.43. The Bertz CT molecular complexity index is 603. The Morgan fingerprint density at radius 2 is 2.00 bits per heavy atom. The van der Waals surface area contributed by atoms with Crippen LogP contribution in [0.15, 0.2) is 23.1 Å². The lowest BCUT2D eigenvalue weighted by Gasteiger charge is -2.15. The standard InChI is InChI=1S/C16H24N2O2S/c1-4-5-6-7-8-14(3)18-21(19,20)16-11-15(12-17)10-9-13(16)2/h9-11,14,18H,4-8H2,1-3H3. The minimum Gasteiger partial charge on any atom is -0.208 e. The number of hydrogen-bond acceptors (Lipinski definition) is 3. The molecule has 0 aliphatic heterocycles. The molecule has 0 bridgehead atoms. The molecule has 21 heavy (non-hydrogen) atoms. The molecule has 0 saturated carbocycles. The van der Waals surface area contributed by atoms with Crippen LogP contribution in [0.4, 0.5) is 0 Å². The number of rotatable bonds is 8. The monoisotopic (exact) mass is 308 g/mol. The third kappa shape index (κ3) is 5.49. The molecular formula is C16H24N2O2S. The smallest absolute Gasteiger partial charge is 0.208 e. The van der Waals surface area contributed by atoms with Crippen molar-refractivity contribution in [3.63, 3.8) is 0 Å². The molecule has 0 heterocycles. The molecular weight excluding hydrogens is 284 g/mol. The van der Waals surface area contributed by atoms with Crippen molar-refractivity contribution in [2.45, 2.75) is 63.8 Å². The van der Waals surface area contributed by atoms with E-state index in [0.717, 1.165) is 19.3 Å². The van der Waals surface area contributed by atoms with E-state index in [1.54, 1.807) is 19.1 Å². The van der Waals surface area contributed by atoms with Crippen LogP contribution in [0.25, 0.3) is 0 Å². The first-order valence-electron chi connectivity index (χ1n) is 7.43. The van der Waals surface area contributed by atoms with Gasteiger partial charge in [0.15, 0.2) is 0 Å². The number of hydrogen-bond donors (Lipinski definition) is 1. The minimum atomic E-state index is -3.57. The number of sulfonamides is 1. The zero-order chi connectivity index (χ0) is 15.9. The minimum absolute atomic E-state index is 0.100. The molecule has 0 aromatic heterocycles. The van der Waals surface area contributed by atoms with Gasteiger partial charge in [0.1, 0.15) is 0 Å². The highest BCUT2D eigenvalue weighted by atomic mass is 32.2. The van der Waals surface area contributed by atoms with E-state index in [2.05, 4.69) is 11.6 Å². The SMILES string of the molecule is CCCCCCC(C)NS(=O)(=O)c1cc(C#N)ccc1C. The van der Waals surface area contributed by atoms with E-state index >= 15 is 0 Å². The summed E-state index contributed by atoms with van der Waals surface area (Å²) in [5.74, 6) is 0. The van der Waals surface area contributed by atoms with Crippen LogP contribution in [-0.4, -0.2) is 14.5 Å². The van der Waals surface area contributed by atoms with Gasteiger partial charge in [0.05, 0.1) is 16.5 Å². The van der Waals surface area contributed by atoms with Crippen LogP contribution in [0.2, 0.25) is 0 Å². The molecule has 0 amide bonds. The van der Waals surface area contributed by atoms with Crippen LogP contribution in [0.1, 0.15) is 57.1 Å². The van der Waals surface area contributed by atoms with Crippen molar-refractivity contribution >= 4 is 10.0 Å². The Hall–Kier alpha value is -1.38. The molecule has 1 N–H and O–H groups in total. The van der Waals surface area contributed by atoms with Gasteiger partial charge in [-0.15, -0.1) is 0 Å². The van der Waals surface area contributed by atoms with E-state index < -0.39 is 10.0 Å². The number of nitrogens with zero attached hydrogens (tertiary/aromatic N) is 1. The Balaban J connectivity index is 2.75. The van der Waals surface area contributed by atoms with E-state index in [4.69, 9.17) is 5.26 Å². The van der Waals surface area contributed by atoms with Crippen molar-refractivity contribution in [2.24, 2.45) is 0 Å². The van der Waals surface area contributed by atoms with Gasteiger partial charge in [0.25, 0.3) is 0 Å². The van der Waals surface area contributed by atoms with Crippen molar-refractivity contribution in [1.82, 2.24) is 4.72 Å². The molecule has 4 nitrogen and oxygen atoms in total. The first-order chi connectivity index (χ1) is 9.90. The third-order valence-electron chi connectivity index (χ3n) is 3.45. The molecule has 1 aromatic rings. The summed E-state index contributed by atoms with van der Waals surface area (Å²) in [6.07, 6.45) is 5.33. The Morgan fingerprint density at radius 1 is 1.29 bits per heavy atom. The van der Waals surface area contributed by atoms with Gasteiger partial charge in [0.2, 0.25) is 10.0 Å². The molecule has 0 aliphatic rings. The summed E-state index contributed by atoms with van der Waals surface area (Å²) in [5.41, 5.74) is 1.01. The van der Waals surface area contributed by atoms with Gasteiger partial charge >= 0.3 is 0 Å². The van der Waals surface area contributed by atoms with Crippen LogP contribution in [0.3, 0.4) is 0 Å². The van der Waals surface area contributed by atoms with Crippen molar-refractivity contribution in [2.75, 3.05) is 0 Å². The highest BCUT2D eigenvalue weighted by molar-refractivity contribution is 7.89. The maximum Gasteiger partial charge on any atom is 0.241 e. The molecule has 0 spiro atoms. The highest BCUT2D eigenvalue weighted by Crippen LogP contribution is 2.18. The Labute approximate surface area is 128 Å². The van der Waals surface area contributed by atoms with E-state index in [0.29, 0.717) is 11.1 Å². The van der Waals surface area contributed by atoms with Gasteiger partial charge in [-0.05, 0) is 38.0 Å². The molecule has 0 fully saturated rings. The normalized spacial score (nSPS) is 12.9. The quantitative estimate of drug-likeness (QED) is 0.747. The van der Waals surface area contributed by atoms with E-state index in [1.807, 2.05) is 13.0 Å². The summed E-state index contributed by atoms with van der Waals surface area (Å²) in [6, 6.07) is 6.60. The van der Waals surface area contributed by atoms with Gasteiger partial charge in [-0.3, -0.25) is 0 Å². The van der Waals surface area contributed by atoms with Gasteiger partial charge in [-0.1, -0.05) is 38.7 Å². The highest BCUT2D eigenvalue weighted by Gasteiger charge is 2.19. The second kappa shape index (κ2) is 8.16. The number of unbranched alkanes of at least 4 members (excludes halogenated alkanes) is 3. The Morgan fingerprint density at radius 3 is 2.62 bits per heavy atom. The summed E-state index contributed by atoms with van der Waals surface area (Å²) >= 11 is 0. The number of aryl methyl sites for hydroxylation is 1. The average molecular weight is 308 g/mol. The summed E-state index contributed by atoms with van der Waals surface area (Å²) in [7, 11) is -3.57. The maximum atomic E-state index is 12.4. The van der Waals surface area contributed by atoms with Gasteiger partial charge in [0, 0.05) is 6.04 Å². The predicted octanol–water partition coefficient (Wildman–Crippen LogP) is 3.50. The van der Waals surface area contributed by atoms with Crippen molar-refractivity contribution in [1.29, 1.82) is 5.26 Å². The lowest BCUT2D eigenvalue weighted by molar-refractivity contribution is 0.521. The van der Waals surface area contributed by atoms with Gasteiger partial charge < -0.3 is 0 Å². The molecule has 1 atom stereocenters. The first kappa shape index (κ1) is 17.7. The van der Waals surface area contributed by atoms with Crippen LogP contribution in [0.5, 0.6) is 0 Å². The van der Waals surface area contributed by atoms with E-state index in [1.165, 1.54) is 18.9 Å². The fourth-order valence-corrected chi connectivity index (χ4v) is 3.77. The zero-order valence-corrected chi connectivity index (χ0v) is 13.8. The molecule has 0 radical (unpaired) electrons. The van der Waals surface area contributed by atoms with Crippen LogP contribution >= 0.6 is 0 Å². The molecule has 1 rings (SSSR count). The number of nitriles is 1. The summed E-state index contributed by atoms with van der Waals surface area (Å²) in [6.45, 7) is 5.77. The molecule has 5 heteroatoms. The van der Waals surface area contributed by atoms with Crippen molar-refractivity contribution in [3.05, 3.63) is 29.3 Å². The van der Waals surface area contributed by atoms with E-state index in [-0.39, 0.29) is 10.9 Å². The molecule has 1 unspecified atom stereocenters. The topological polar surface area (TPSA) is 70.0 Å². The van der Waals surface area contributed by atoms with Crippen LogP contribution in [-0.2, 0) is 10.0 Å². The van der Waals surface area contributed by atoms with Gasteiger partial charge in [-0.25, -0.2) is 13.1 Å². The Kier molecular flexibility index (Phi) is 6.86. The maximum absolute atomic E-state index is 12.4. The number of benzene rings is 1. The lowest BCUT2D eigenvalue weighted by Crippen LogP contribution is -2.33. The third-order valence-corrected chi connectivity index (χ3v) is 5.19. The second-order valence-electron chi connectivity index (χ2n) is 5.46. The first-order valence-corrected chi connectivity index (χ1v) is 8.92. The molecule has 0 aliphatic carbocycles. The summed E-state index contributed by atoms with van der Waals surface area (Å²) < 4.78 is 27.5. The molecule has 1 aromatic carbocycles. The number of nitrogens with one attached hydrogen (secondary N) is 1. The van der Waals surface area contributed by atoms with E-state index in [9.17, 15) is 8.42 Å². The fraction of sp³-hybridized carbons (Fsp3) is 0.562. The lowest BCUT2D eigenvalue weighted by atomic mass is 10.1. The van der Waals surface area contributed by atoms with Crippen molar-refractivity contribution in [3.8, 4) is 6.07 Å². The summed E-state index contributed by atoms with van der Waals surface area (Å²) in [4.78, 5) is 0.196. The van der Waals surface area contributed by atoms with Crippen molar-refractivity contribution < 1.29 is 8.42 Å². The van der Waals surface area contributed by atoms with Gasteiger partial charge in [-0.2, -0.15) is 5.26 Å². The predicted molar refractivity (Wildman–Crippen MR) is 84.4 cm³/mol. The van der Waals surface area contributed by atoms with Crippen LogP contribution in [0, 0.1) is 18.3 Å². The zero-order valence-electron chi connectivity index (χ0n) is 13.0. The largest absolute Gasteiger partial charge is 0.241 e. The van der Waals surface area contributed by atoms with Crippen LogP contribution < -0.4 is 4.72 Å².